The van der Waals surface area contributed by atoms with Crippen LogP contribution in [0.5, 0.6) is 11.5 Å². The number of rotatable bonds is 8. The number of carbonyl (C=O) groups is 1. The van der Waals surface area contributed by atoms with Crippen LogP contribution < -0.4 is 10.1 Å². The number of anilines is 1. The zero-order valence-corrected chi connectivity index (χ0v) is 18.2. The van der Waals surface area contributed by atoms with E-state index >= 15 is 0 Å². The number of nitrogens with one attached hydrogen (secondary N) is 2. The molecule has 0 saturated heterocycles. The van der Waals surface area contributed by atoms with Crippen molar-refractivity contribution in [1.29, 1.82) is 0 Å². The van der Waals surface area contributed by atoms with E-state index in [2.05, 4.69) is 34.4 Å². The number of phenolic OH excluding ortho intramolecular Hbond substituents is 1. The average molecular weight is 424 g/mol. The topological polar surface area (TPSA) is 93.7 Å². The van der Waals surface area contributed by atoms with E-state index in [4.69, 9.17) is 4.74 Å². The van der Waals surface area contributed by atoms with E-state index in [1.165, 1.54) is 0 Å². The molecule has 0 saturated carbocycles. The van der Waals surface area contributed by atoms with Crippen molar-refractivity contribution >= 4 is 22.6 Å². The molecule has 0 spiro atoms. The average Bonchev–Trinajstić information content (AvgIpc) is 3.36. The molecule has 0 aliphatic carbocycles. The molecule has 8 nitrogen and oxygen atoms in total. The van der Waals surface area contributed by atoms with Crippen molar-refractivity contribution < 1.29 is 14.6 Å². The SMILES string of the molecule is CCNc1n[nH]c2cc(O)c(C(=O)N3Cc4ccc(OCCN(C)CC)cc4C3)cc12. The first-order valence-electron chi connectivity index (χ1n) is 10.7. The molecule has 1 amide bonds. The van der Waals surface area contributed by atoms with E-state index in [9.17, 15) is 9.90 Å². The van der Waals surface area contributed by atoms with E-state index < -0.39 is 0 Å². The summed E-state index contributed by atoms with van der Waals surface area (Å²) in [6.45, 7) is 8.28. The minimum atomic E-state index is -0.203. The number of H-pyrrole nitrogens is 1. The summed E-state index contributed by atoms with van der Waals surface area (Å²) in [5.41, 5.74) is 3.14. The van der Waals surface area contributed by atoms with Gasteiger partial charge in [0.1, 0.15) is 18.1 Å². The highest BCUT2D eigenvalue weighted by Gasteiger charge is 2.27. The number of carbonyl (C=O) groups excluding carboxylic acids is 1. The Morgan fingerprint density at radius 1 is 1.26 bits per heavy atom. The third-order valence-electron chi connectivity index (χ3n) is 5.72. The Bertz CT molecular complexity index is 1090. The van der Waals surface area contributed by atoms with Gasteiger partial charge < -0.3 is 25.0 Å². The van der Waals surface area contributed by atoms with Crippen molar-refractivity contribution in [2.24, 2.45) is 0 Å². The maximum absolute atomic E-state index is 13.2. The third kappa shape index (κ3) is 4.29. The van der Waals surface area contributed by atoms with Gasteiger partial charge in [0.15, 0.2) is 5.82 Å². The molecule has 1 aliphatic rings. The van der Waals surface area contributed by atoms with Gasteiger partial charge in [-0.1, -0.05) is 13.0 Å². The molecule has 0 bridgehead atoms. The lowest BCUT2D eigenvalue weighted by atomic mass is 10.1. The van der Waals surface area contributed by atoms with Crippen LogP contribution in [0.3, 0.4) is 0 Å². The highest BCUT2D eigenvalue weighted by Crippen LogP contribution is 2.32. The van der Waals surface area contributed by atoms with Crippen LogP contribution in [0, 0.1) is 0 Å². The van der Waals surface area contributed by atoms with Gasteiger partial charge in [0.25, 0.3) is 5.91 Å². The monoisotopic (exact) mass is 423 g/mol. The predicted molar refractivity (Wildman–Crippen MR) is 121 cm³/mol. The molecule has 3 N–H and O–H groups in total. The summed E-state index contributed by atoms with van der Waals surface area (Å²) in [6.07, 6.45) is 0. The lowest BCUT2D eigenvalue weighted by Crippen LogP contribution is -2.25. The minimum absolute atomic E-state index is 0.0516. The molecule has 1 aliphatic heterocycles. The highest BCUT2D eigenvalue weighted by atomic mass is 16.5. The second-order valence-corrected chi connectivity index (χ2v) is 7.85. The van der Waals surface area contributed by atoms with Crippen LogP contribution in [0.2, 0.25) is 0 Å². The molecule has 4 rings (SSSR count). The maximum Gasteiger partial charge on any atom is 0.258 e. The number of nitrogens with zero attached hydrogens (tertiary/aromatic N) is 3. The number of phenols is 1. The zero-order valence-electron chi connectivity index (χ0n) is 18.2. The van der Waals surface area contributed by atoms with Crippen molar-refractivity contribution in [2.75, 3.05) is 38.6 Å². The molecular formula is C23H29N5O3. The standard InChI is InChI=1S/C23H29N5O3/c1-4-24-22-18-11-19(21(29)12-20(18)25-26-22)23(30)28-13-15-6-7-17(10-16(15)14-28)31-9-8-27(3)5-2/h6-7,10-12,29H,4-5,8-9,13-14H2,1-3H3,(H2,24,25,26). The molecule has 0 radical (unpaired) electrons. The molecule has 0 fully saturated rings. The summed E-state index contributed by atoms with van der Waals surface area (Å²) >= 11 is 0. The fourth-order valence-corrected chi connectivity index (χ4v) is 3.78. The van der Waals surface area contributed by atoms with Crippen LogP contribution in [0.4, 0.5) is 5.82 Å². The Kier molecular flexibility index (Phi) is 5.99. The van der Waals surface area contributed by atoms with Crippen molar-refractivity contribution in [3.63, 3.8) is 0 Å². The zero-order chi connectivity index (χ0) is 22.0. The molecule has 8 heteroatoms. The van der Waals surface area contributed by atoms with Gasteiger partial charge in [-0.3, -0.25) is 9.89 Å². The molecule has 0 atom stereocenters. The van der Waals surface area contributed by atoms with E-state index in [1.54, 1.807) is 17.0 Å². The number of aromatic hydroxyl groups is 1. The first-order valence-corrected chi connectivity index (χ1v) is 10.7. The smallest absolute Gasteiger partial charge is 0.258 e. The highest BCUT2D eigenvalue weighted by molar-refractivity contribution is 6.03. The predicted octanol–water partition coefficient (Wildman–Crippen LogP) is 3.19. The molecule has 2 heterocycles. The Morgan fingerprint density at radius 2 is 2.06 bits per heavy atom. The number of ether oxygens (including phenoxy) is 1. The van der Waals surface area contributed by atoms with Crippen molar-refractivity contribution in [2.45, 2.75) is 26.9 Å². The third-order valence-corrected chi connectivity index (χ3v) is 5.72. The summed E-state index contributed by atoms with van der Waals surface area (Å²) in [7, 11) is 2.06. The number of benzene rings is 2. The molecular weight excluding hydrogens is 394 g/mol. The summed E-state index contributed by atoms with van der Waals surface area (Å²) in [5, 5.41) is 21.5. The van der Waals surface area contributed by atoms with Crippen molar-refractivity contribution in [3.05, 3.63) is 47.0 Å². The van der Waals surface area contributed by atoms with Gasteiger partial charge in [-0.15, -0.1) is 0 Å². The van der Waals surface area contributed by atoms with Crippen LogP contribution in [-0.2, 0) is 13.1 Å². The lowest BCUT2D eigenvalue weighted by Gasteiger charge is -2.16. The molecule has 3 aromatic rings. The molecule has 164 valence electrons. The van der Waals surface area contributed by atoms with E-state index in [1.807, 2.05) is 25.1 Å². The number of amides is 1. The van der Waals surface area contributed by atoms with Crippen molar-refractivity contribution in [3.8, 4) is 11.5 Å². The van der Waals surface area contributed by atoms with Crippen LogP contribution >= 0.6 is 0 Å². The Balaban J connectivity index is 1.49. The van der Waals surface area contributed by atoms with Crippen LogP contribution in [0.25, 0.3) is 10.9 Å². The van der Waals surface area contributed by atoms with Gasteiger partial charge in [-0.25, -0.2) is 0 Å². The van der Waals surface area contributed by atoms with E-state index in [-0.39, 0.29) is 17.2 Å². The van der Waals surface area contributed by atoms with Crippen LogP contribution in [0.15, 0.2) is 30.3 Å². The maximum atomic E-state index is 13.2. The lowest BCUT2D eigenvalue weighted by molar-refractivity contribution is 0.0748. The summed E-state index contributed by atoms with van der Waals surface area (Å²) in [6, 6.07) is 9.24. The minimum Gasteiger partial charge on any atom is -0.507 e. The second-order valence-electron chi connectivity index (χ2n) is 7.85. The number of hydrogen-bond donors (Lipinski definition) is 3. The largest absolute Gasteiger partial charge is 0.507 e. The second kappa shape index (κ2) is 8.85. The van der Waals surface area contributed by atoms with Gasteiger partial charge in [0.05, 0.1) is 11.1 Å². The number of hydrogen-bond acceptors (Lipinski definition) is 6. The van der Waals surface area contributed by atoms with E-state index in [0.29, 0.717) is 37.6 Å². The Labute approximate surface area is 181 Å². The molecule has 1 aromatic heterocycles. The number of likely N-dealkylation sites (N-methyl/N-ethyl adjacent to an activating group) is 1. The fraction of sp³-hybridized carbons (Fsp3) is 0.391. The first kappa shape index (κ1) is 21.0. The number of aromatic amines is 1. The van der Waals surface area contributed by atoms with E-state index in [0.717, 1.165) is 35.4 Å². The normalized spacial score (nSPS) is 13.1. The molecule has 31 heavy (non-hydrogen) atoms. The van der Waals surface area contributed by atoms with Crippen LogP contribution in [-0.4, -0.2) is 64.3 Å². The van der Waals surface area contributed by atoms with Gasteiger partial charge >= 0.3 is 0 Å². The first-order chi connectivity index (χ1) is 15.0. The molecule has 2 aromatic carbocycles. The van der Waals surface area contributed by atoms with Gasteiger partial charge in [-0.05, 0) is 49.8 Å². The summed E-state index contributed by atoms with van der Waals surface area (Å²) < 4.78 is 5.88. The number of fused-ring (bicyclic) bond motifs is 2. The van der Waals surface area contributed by atoms with Gasteiger partial charge in [0, 0.05) is 37.6 Å². The van der Waals surface area contributed by atoms with Gasteiger partial charge in [0.2, 0.25) is 0 Å². The summed E-state index contributed by atoms with van der Waals surface area (Å²) in [4.78, 5) is 17.2. The molecule has 0 unspecified atom stereocenters. The quantitative estimate of drug-likeness (QED) is 0.515. The summed E-state index contributed by atoms with van der Waals surface area (Å²) in [5.74, 6) is 1.23. The fourth-order valence-electron chi connectivity index (χ4n) is 3.78. The number of aromatic nitrogens is 2. The Morgan fingerprint density at radius 3 is 2.84 bits per heavy atom. The van der Waals surface area contributed by atoms with Gasteiger partial charge in [-0.2, -0.15) is 5.10 Å². The van der Waals surface area contributed by atoms with Crippen LogP contribution in [0.1, 0.15) is 35.3 Å². The Hall–Kier alpha value is -3.26. The van der Waals surface area contributed by atoms with Crippen molar-refractivity contribution in [1.82, 2.24) is 20.0 Å².